The van der Waals surface area contributed by atoms with Gasteiger partial charge in [0.2, 0.25) is 5.91 Å². The lowest BCUT2D eigenvalue weighted by Gasteiger charge is -2.16. The minimum absolute atomic E-state index is 0.0494. The summed E-state index contributed by atoms with van der Waals surface area (Å²) in [6.07, 6.45) is 0. The molecule has 0 unspecified atom stereocenters. The normalized spacial score (nSPS) is 15.1. The predicted octanol–water partition coefficient (Wildman–Crippen LogP) is 0.811. The smallest absolute Gasteiger partial charge is 0.334 e. The first-order chi connectivity index (χ1) is 10.4. The summed E-state index contributed by atoms with van der Waals surface area (Å²) in [5, 5.41) is 4.51. The van der Waals surface area contributed by atoms with Gasteiger partial charge in [-0.25, -0.2) is 9.69 Å². The molecule has 2 heterocycles. The van der Waals surface area contributed by atoms with Crippen LogP contribution in [-0.2, 0) is 20.9 Å². The summed E-state index contributed by atoms with van der Waals surface area (Å²) in [4.78, 5) is 50.0. The first-order valence-corrected chi connectivity index (χ1v) is 7.74. The molecular weight excluding hydrogens is 306 g/mol. The summed E-state index contributed by atoms with van der Waals surface area (Å²) in [6.45, 7) is 3.72. The van der Waals surface area contributed by atoms with Gasteiger partial charge in [0.1, 0.15) is 6.54 Å². The Balaban J connectivity index is 1.94. The van der Waals surface area contributed by atoms with Gasteiger partial charge in [-0.3, -0.25) is 19.3 Å². The molecule has 0 radical (unpaired) electrons. The third-order valence-electron chi connectivity index (χ3n) is 3.02. The van der Waals surface area contributed by atoms with Crippen molar-refractivity contribution in [1.82, 2.24) is 15.1 Å². The Labute approximate surface area is 131 Å². The number of amides is 5. The molecule has 0 spiro atoms. The number of carbonyl (C=O) groups is 4. The third kappa shape index (κ3) is 3.51. The Morgan fingerprint density at radius 1 is 1.23 bits per heavy atom. The Bertz CT molecular complexity index is 597. The van der Waals surface area contributed by atoms with E-state index in [0.29, 0.717) is 11.4 Å². The number of carbonyl (C=O) groups excluding carboxylic acids is 4. The predicted molar refractivity (Wildman–Crippen MR) is 79.8 cm³/mol. The molecule has 1 aliphatic heterocycles. The molecule has 0 bridgehead atoms. The first-order valence-electron chi connectivity index (χ1n) is 6.86. The molecule has 1 aliphatic rings. The molecule has 1 saturated heterocycles. The van der Waals surface area contributed by atoms with Gasteiger partial charge < -0.3 is 5.32 Å². The highest BCUT2D eigenvalue weighted by molar-refractivity contribution is 7.09. The van der Waals surface area contributed by atoms with Crippen molar-refractivity contribution in [2.75, 3.05) is 13.1 Å². The fourth-order valence-corrected chi connectivity index (χ4v) is 2.66. The lowest BCUT2D eigenvalue weighted by Crippen LogP contribution is -2.41. The second-order valence-electron chi connectivity index (χ2n) is 5.34. The van der Waals surface area contributed by atoms with E-state index in [0.717, 1.165) is 9.78 Å². The van der Waals surface area contributed by atoms with Crippen molar-refractivity contribution in [1.29, 1.82) is 0 Å². The van der Waals surface area contributed by atoms with Gasteiger partial charge in [0, 0.05) is 11.4 Å². The van der Waals surface area contributed by atoms with E-state index in [1.54, 1.807) is 0 Å². The number of imide groups is 2. The van der Waals surface area contributed by atoms with Crippen LogP contribution in [0.3, 0.4) is 0 Å². The third-order valence-corrected chi connectivity index (χ3v) is 3.90. The van der Waals surface area contributed by atoms with Gasteiger partial charge in [0.05, 0.1) is 6.54 Å². The van der Waals surface area contributed by atoms with Crippen molar-refractivity contribution in [3.8, 4) is 0 Å². The maximum atomic E-state index is 12.1. The number of nitrogens with one attached hydrogen (secondary N) is 1. The zero-order chi connectivity index (χ0) is 16.3. The number of hydrogen-bond donors (Lipinski definition) is 1. The van der Waals surface area contributed by atoms with Crippen molar-refractivity contribution >= 4 is 35.1 Å². The van der Waals surface area contributed by atoms with E-state index in [-0.39, 0.29) is 12.5 Å². The summed E-state index contributed by atoms with van der Waals surface area (Å²) in [7, 11) is 0. The molecule has 8 heteroatoms. The maximum Gasteiger partial charge on any atom is 0.334 e. The molecule has 0 saturated carbocycles. The van der Waals surface area contributed by atoms with Crippen molar-refractivity contribution in [2.24, 2.45) is 5.92 Å². The number of hydrogen-bond acceptors (Lipinski definition) is 5. The Kier molecular flexibility index (Phi) is 4.92. The van der Waals surface area contributed by atoms with Crippen molar-refractivity contribution in [2.45, 2.75) is 20.4 Å². The van der Waals surface area contributed by atoms with Crippen LogP contribution in [-0.4, -0.2) is 46.6 Å². The topological polar surface area (TPSA) is 86.8 Å². The fraction of sp³-hybridized carbons (Fsp3) is 0.429. The molecule has 118 valence electrons. The number of nitrogens with zero attached hydrogens (tertiary/aromatic N) is 2. The minimum atomic E-state index is -0.947. The molecule has 5 amide bonds. The van der Waals surface area contributed by atoms with Gasteiger partial charge in [-0.15, -0.1) is 11.3 Å². The highest BCUT2D eigenvalue weighted by Crippen LogP contribution is 2.14. The van der Waals surface area contributed by atoms with Crippen LogP contribution in [0, 0.1) is 5.92 Å². The lowest BCUT2D eigenvalue weighted by molar-refractivity contribution is -0.144. The molecule has 1 aromatic heterocycles. The van der Waals surface area contributed by atoms with Gasteiger partial charge in [-0.05, 0) is 17.4 Å². The van der Waals surface area contributed by atoms with E-state index >= 15 is 0 Å². The first kappa shape index (κ1) is 16.2. The van der Waals surface area contributed by atoms with Gasteiger partial charge in [-0.2, -0.15) is 0 Å². The van der Waals surface area contributed by atoms with Crippen molar-refractivity contribution in [3.05, 3.63) is 22.4 Å². The summed E-state index contributed by atoms with van der Waals surface area (Å²) >= 11 is 1.49. The van der Waals surface area contributed by atoms with Crippen molar-refractivity contribution < 1.29 is 19.2 Å². The summed E-state index contributed by atoms with van der Waals surface area (Å²) < 4.78 is 0. The van der Waals surface area contributed by atoms with Crippen LogP contribution < -0.4 is 5.32 Å². The maximum absolute atomic E-state index is 12.1. The number of thiophene rings is 1. The molecule has 1 aromatic rings. The molecule has 22 heavy (non-hydrogen) atoms. The average Bonchev–Trinajstić information content (AvgIpc) is 3.04. The Morgan fingerprint density at radius 2 is 1.91 bits per heavy atom. The quantitative estimate of drug-likeness (QED) is 0.620. The van der Waals surface area contributed by atoms with E-state index < -0.39 is 30.3 Å². The van der Waals surface area contributed by atoms with Crippen LogP contribution in [0.15, 0.2) is 17.5 Å². The SMILES string of the molecule is CC(C)CN1C(=O)C(=O)N(CC(=O)NCc2cccs2)C1=O. The largest absolute Gasteiger partial charge is 0.350 e. The van der Waals surface area contributed by atoms with Crippen LogP contribution in [0.1, 0.15) is 18.7 Å². The van der Waals surface area contributed by atoms with Crippen LogP contribution in [0.5, 0.6) is 0 Å². The molecule has 0 aliphatic carbocycles. The summed E-state index contributed by atoms with van der Waals surface area (Å²) in [5.41, 5.74) is 0. The van der Waals surface area contributed by atoms with Crippen LogP contribution in [0.25, 0.3) is 0 Å². The van der Waals surface area contributed by atoms with E-state index in [1.165, 1.54) is 11.3 Å². The molecule has 2 rings (SSSR count). The lowest BCUT2D eigenvalue weighted by atomic mass is 10.2. The summed E-state index contributed by atoms with van der Waals surface area (Å²) in [5.74, 6) is -2.25. The second kappa shape index (κ2) is 6.69. The minimum Gasteiger partial charge on any atom is -0.350 e. The number of rotatable bonds is 6. The molecule has 0 atom stereocenters. The van der Waals surface area contributed by atoms with Gasteiger partial charge in [0.15, 0.2) is 0 Å². The second-order valence-corrected chi connectivity index (χ2v) is 6.37. The van der Waals surface area contributed by atoms with Gasteiger partial charge in [-0.1, -0.05) is 19.9 Å². The zero-order valence-corrected chi connectivity index (χ0v) is 13.2. The zero-order valence-electron chi connectivity index (χ0n) is 12.4. The van der Waals surface area contributed by atoms with Gasteiger partial charge >= 0.3 is 17.8 Å². The molecule has 0 aromatic carbocycles. The molecule has 1 N–H and O–H groups in total. The Hall–Kier alpha value is -2.22. The molecular formula is C14H17N3O4S. The molecule has 1 fully saturated rings. The van der Waals surface area contributed by atoms with E-state index in [9.17, 15) is 19.2 Å². The van der Waals surface area contributed by atoms with Gasteiger partial charge in [0.25, 0.3) is 0 Å². The van der Waals surface area contributed by atoms with E-state index in [1.807, 2.05) is 31.4 Å². The summed E-state index contributed by atoms with van der Waals surface area (Å²) in [6, 6.07) is 3.00. The van der Waals surface area contributed by atoms with E-state index in [4.69, 9.17) is 0 Å². The number of urea groups is 1. The van der Waals surface area contributed by atoms with Crippen molar-refractivity contribution in [3.63, 3.8) is 0 Å². The fourth-order valence-electron chi connectivity index (χ4n) is 2.01. The molecule has 7 nitrogen and oxygen atoms in total. The average molecular weight is 323 g/mol. The highest BCUT2D eigenvalue weighted by Gasteiger charge is 2.45. The monoisotopic (exact) mass is 323 g/mol. The Morgan fingerprint density at radius 3 is 2.50 bits per heavy atom. The van der Waals surface area contributed by atoms with Crippen LogP contribution in [0.4, 0.5) is 4.79 Å². The van der Waals surface area contributed by atoms with E-state index in [2.05, 4.69) is 5.32 Å². The van der Waals surface area contributed by atoms with Crippen LogP contribution in [0.2, 0.25) is 0 Å². The van der Waals surface area contributed by atoms with Crippen LogP contribution >= 0.6 is 11.3 Å². The standard InChI is InChI=1S/C14H17N3O4S/c1-9(2)7-16-12(19)13(20)17(14(16)21)8-11(18)15-6-10-4-3-5-22-10/h3-5,9H,6-8H2,1-2H3,(H,15,18). The highest BCUT2D eigenvalue weighted by atomic mass is 32.1.